The highest BCUT2D eigenvalue weighted by atomic mass is 32.2. The van der Waals surface area contributed by atoms with E-state index in [2.05, 4.69) is 5.32 Å². The minimum atomic E-state index is -3.47. The fourth-order valence-corrected chi connectivity index (χ4v) is 4.82. The maximum atomic E-state index is 12.8. The Morgan fingerprint density at radius 2 is 1.63 bits per heavy atom. The van der Waals surface area contributed by atoms with Gasteiger partial charge in [0, 0.05) is 19.1 Å². The number of hydrogen-bond donors (Lipinski definition) is 1. The standard InChI is InChI=1S/C21H26N2O3S/c1-2-17-8-10-20(11-9-17)27(25,26)23-14-12-19(13-15-23)22-21(24)16-18-6-4-3-5-7-18/h3-11,19H,2,12-16H2,1H3,(H,22,24). The van der Waals surface area contributed by atoms with Crippen molar-refractivity contribution in [1.29, 1.82) is 0 Å². The van der Waals surface area contributed by atoms with Crippen LogP contribution in [0.5, 0.6) is 0 Å². The Hall–Kier alpha value is -2.18. The highest BCUT2D eigenvalue weighted by Crippen LogP contribution is 2.21. The summed E-state index contributed by atoms with van der Waals surface area (Å²) in [5, 5.41) is 3.03. The summed E-state index contributed by atoms with van der Waals surface area (Å²) >= 11 is 0. The van der Waals surface area contributed by atoms with Gasteiger partial charge in [-0.25, -0.2) is 8.42 Å². The number of amides is 1. The van der Waals surface area contributed by atoms with Crippen LogP contribution in [0.1, 0.15) is 30.9 Å². The molecule has 0 bridgehead atoms. The lowest BCUT2D eigenvalue weighted by Gasteiger charge is -2.31. The first-order valence-corrected chi connectivity index (χ1v) is 10.9. The average Bonchev–Trinajstić information content (AvgIpc) is 2.69. The quantitative estimate of drug-likeness (QED) is 0.830. The smallest absolute Gasteiger partial charge is 0.243 e. The zero-order chi connectivity index (χ0) is 19.3. The molecule has 2 aromatic rings. The van der Waals surface area contributed by atoms with Gasteiger partial charge in [-0.2, -0.15) is 4.31 Å². The van der Waals surface area contributed by atoms with E-state index in [0.29, 0.717) is 37.2 Å². The Bertz CT molecular complexity index is 856. The molecular weight excluding hydrogens is 360 g/mol. The van der Waals surface area contributed by atoms with Gasteiger partial charge in [0.15, 0.2) is 0 Å². The van der Waals surface area contributed by atoms with Gasteiger partial charge in [0.25, 0.3) is 0 Å². The lowest BCUT2D eigenvalue weighted by atomic mass is 10.1. The molecule has 1 aliphatic rings. The number of rotatable bonds is 6. The summed E-state index contributed by atoms with van der Waals surface area (Å²) in [6.07, 6.45) is 2.50. The molecule has 0 aromatic heterocycles. The normalized spacial score (nSPS) is 16.2. The molecule has 0 saturated carbocycles. The maximum absolute atomic E-state index is 12.8. The Labute approximate surface area is 161 Å². The van der Waals surface area contributed by atoms with Crippen LogP contribution in [0.15, 0.2) is 59.5 Å². The van der Waals surface area contributed by atoms with Crippen LogP contribution in [-0.2, 0) is 27.7 Å². The molecule has 1 heterocycles. The number of hydrogen-bond acceptors (Lipinski definition) is 3. The van der Waals surface area contributed by atoms with Gasteiger partial charge in [0.2, 0.25) is 15.9 Å². The van der Waals surface area contributed by atoms with Crippen LogP contribution in [0.2, 0.25) is 0 Å². The molecule has 1 N–H and O–H groups in total. The summed E-state index contributed by atoms with van der Waals surface area (Å²) < 4.78 is 27.1. The number of nitrogens with zero attached hydrogens (tertiary/aromatic N) is 1. The molecule has 1 fully saturated rings. The molecule has 27 heavy (non-hydrogen) atoms. The molecule has 0 unspecified atom stereocenters. The van der Waals surface area contributed by atoms with E-state index in [1.165, 1.54) is 4.31 Å². The van der Waals surface area contributed by atoms with Crippen LogP contribution in [0.3, 0.4) is 0 Å². The third kappa shape index (κ3) is 4.96. The number of nitrogens with one attached hydrogen (secondary N) is 1. The summed E-state index contributed by atoms with van der Waals surface area (Å²) in [7, 11) is -3.47. The van der Waals surface area contributed by atoms with E-state index in [1.807, 2.05) is 49.4 Å². The van der Waals surface area contributed by atoms with Gasteiger partial charge >= 0.3 is 0 Å². The first-order valence-electron chi connectivity index (χ1n) is 9.41. The van der Waals surface area contributed by atoms with Crippen molar-refractivity contribution in [3.63, 3.8) is 0 Å². The fraction of sp³-hybridized carbons (Fsp3) is 0.381. The molecule has 1 aliphatic heterocycles. The summed E-state index contributed by atoms with van der Waals surface area (Å²) in [4.78, 5) is 12.5. The van der Waals surface area contributed by atoms with E-state index in [1.54, 1.807) is 12.1 Å². The van der Waals surface area contributed by atoms with E-state index >= 15 is 0 Å². The SMILES string of the molecule is CCc1ccc(S(=O)(=O)N2CCC(NC(=O)Cc3ccccc3)CC2)cc1. The van der Waals surface area contributed by atoms with Crippen molar-refractivity contribution in [2.24, 2.45) is 0 Å². The first-order chi connectivity index (χ1) is 13.0. The van der Waals surface area contributed by atoms with Gasteiger partial charge < -0.3 is 5.32 Å². The zero-order valence-corrected chi connectivity index (χ0v) is 16.4. The molecule has 1 saturated heterocycles. The molecule has 5 nitrogen and oxygen atoms in total. The van der Waals surface area contributed by atoms with Crippen molar-refractivity contribution in [2.75, 3.05) is 13.1 Å². The van der Waals surface area contributed by atoms with Crippen LogP contribution in [0, 0.1) is 0 Å². The number of benzene rings is 2. The van der Waals surface area contributed by atoms with Gasteiger partial charge in [0.1, 0.15) is 0 Å². The Balaban J connectivity index is 1.54. The summed E-state index contributed by atoms with van der Waals surface area (Å²) in [5.41, 5.74) is 2.10. The van der Waals surface area contributed by atoms with Gasteiger partial charge in [-0.15, -0.1) is 0 Å². The van der Waals surface area contributed by atoms with Crippen molar-refractivity contribution < 1.29 is 13.2 Å². The molecule has 0 radical (unpaired) electrons. The second-order valence-corrected chi connectivity index (χ2v) is 8.84. The number of carbonyl (C=O) groups excluding carboxylic acids is 1. The molecule has 3 rings (SSSR count). The molecule has 0 atom stereocenters. The molecule has 0 aliphatic carbocycles. The molecule has 1 amide bonds. The Morgan fingerprint density at radius 1 is 1.00 bits per heavy atom. The minimum Gasteiger partial charge on any atom is -0.353 e. The Morgan fingerprint density at radius 3 is 2.22 bits per heavy atom. The van der Waals surface area contributed by atoms with Crippen LogP contribution >= 0.6 is 0 Å². The van der Waals surface area contributed by atoms with E-state index in [0.717, 1.165) is 17.5 Å². The predicted molar refractivity (Wildman–Crippen MR) is 106 cm³/mol. The van der Waals surface area contributed by atoms with Crippen molar-refractivity contribution in [1.82, 2.24) is 9.62 Å². The second kappa shape index (κ2) is 8.67. The second-order valence-electron chi connectivity index (χ2n) is 6.91. The Kier molecular flexibility index (Phi) is 6.29. The van der Waals surface area contributed by atoms with Gasteiger partial charge in [-0.05, 0) is 42.5 Å². The van der Waals surface area contributed by atoms with E-state index < -0.39 is 10.0 Å². The third-order valence-corrected chi connectivity index (χ3v) is 6.91. The topological polar surface area (TPSA) is 66.5 Å². The number of carbonyl (C=O) groups is 1. The molecule has 6 heteroatoms. The van der Waals surface area contributed by atoms with Crippen molar-refractivity contribution in [2.45, 2.75) is 43.5 Å². The zero-order valence-electron chi connectivity index (χ0n) is 15.6. The highest BCUT2D eigenvalue weighted by Gasteiger charge is 2.29. The van der Waals surface area contributed by atoms with Crippen molar-refractivity contribution in [3.05, 3.63) is 65.7 Å². The highest BCUT2D eigenvalue weighted by molar-refractivity contribution is 7.89. The largest absolute Gasteiger partial charge is 0.353 e. The number of sulfonamides is 1. The predicted octanol–water partition coefficient (Wildman–Crippen LogP) is 2.76. The van der Waals surface area contributed by atoms with Crippen LogP contribution in [0.4, 0.5) is 0 Å². The molecule has 0 spiro atoms. The van der Waals surface area contributed by atoms with Crippen molar-refractivity contribution >= 4 is 15.9 Å². The number of piperidine rings is 1. The van der Waals surface area contributed by atoms with Crippen LogP contribution in [0.25, 0.3) is 0 Å². The maximum Gasteiger partial charge on any atom is 0.243 e. The first kappa shape index (κ1) is 19.6. The average molecular weight is 387 g/mol. The lowest BCUT2D eigenvalue weighted by molar-refractivity contribution is -0.121. The summed E-state index contributed by atoms with van der Waals surface area (Å²) in [6, 6.07) is 16.7. The van der Waals surface area contributed by atoms with E-state index in [4.69, 9.17) is 0 Å². The van der Waals surface area contributed by atoms with Gasteiger partial charge in [0.05, 0.1) is 11.3 Å². The van der Waals surface area contributed by atoms with Crippen LogP contribution in [-0.4, -0.2) is 37.8 Å². The van der Waals surface area contributed by atoms with E-state index in [9.17, 15) is 13.2 Å². The fourth-order valence-electron chi connectivity index (χ4n) is 3.35. The monoisotopic (exact) mass is 386 g/mol. The van der Waals surface area contributed by atoms with Gasteiger partial charge in [-0.3, -0.25) is 4.79 Å². The lowest BCUT2D eigenvalue weighted by Crippen LogP contribution is -2.46. The van der Waals surface area contributed by atoms with Gasteiger partial charge in [-0.1, -0.05) is 49.4 Å². The molecule has 2 aromatic carbocycles. The van der Waals surface area contributed by atoms with E-state index in [-0.39, 0.29) is 11.9 Å². The molecular formula is C21H26N2O3S. The molecule has 144 valence electrons. The minimum absolute atomic E-state index is 0.0161. The third-order valence-electron chi connectivity index (χ3n) is 5.00. The summed E-state index contributed by atoms with van der Waals surface area (Å²) in [5.74, 6) is -0.0161. The van der Waals surface area contributed by atoms with Crippen molar-refractivity contribution in [3.8, 4) is 0 Å². The van der Waals surface area contributed by atoms with Crippen LogP contribution < -0.4 is 5.32 Å². The number of aryl methyl sites for hydroxylation is 1. The summed E-state index contributed by atoms with van der Waals surface area (Å²) in [6.45, 7) is 2.89.